The van der Waals surface area contributed by atoms with Crippen LogP contribution in [0, 0.1) is 6.92 Å². The van der Waals surface area contributed by atoms with Crippen molar-refractivity contribution in [3.8, 4) is 0 Å². The zero-order valence-electron chi connectivity index (χ0n) is 13.6. The summed E-state index contributed by atoms with van der Waals surface area (Å²) >= 11 is 0. The second kappa shape index (κ2) is 4.98. The third-order valence-electron chi connectivity index (χ3n) is 5.13. The van der Waals surface area contributed by atoms with E-state index in [1.54, 1.807) is 0 Å². The average Bonchev–Trinajstić information content (AvgIpc) is 2.54. The minimum absolute atomic E-state index is 0.633. The maximum absolute atomic E-state index is 2.41. The van der Waals surface area contributed by atoms with Gasteiger partial charge in [0.1, 0.15) is 0 Å². The van der Waals surface area contributed by atoms with Gasteiger partial charge in [0.15, 0.2) is 0 Å². The van der Waals surface area contributed by atoms with Crippen molar-refractivity contribution >= 4 is 32.3 Å². The van der Waals surface area contributed by atoms with Crippen LogP contribution in [0.3, 0.4) is 0 Å². The van der Waals surface area contributed by atoms with Gasteiger partial charge in [0.25, 0.3) is 0 Å². The lowest BCUT2D eigenvalue weighted by atomic mass is 9.88. The van der Waals surface area contributed by atoms with Crippen LogP contribution in [0.1, 0.15) is 43.7 Å². The quantitative estimate of drug-likeness (QED) is 0.363. The van der Waals surface area contributed by atoms with Crippen molar-refractivity contribution < 1.29 is 0 Å². The van der Waals surface area contributed by atoms with Gasteiger partial charge in [-0.1, -0.05) is 68.8 Å². The Labute approximate surface area is 132 Å². The third-order valence-corrected chi connectivity index (χ3v) is 5.13. The molecule has 0 N–H and O–H groups in total. The Morgan fingerprint density at radius 3 is 2.18 bits per heavy atom. The van der Waals surface area contributed by atoms with Crippen molar-refractivity contribution in [1.82, 2.24) is 0 Å². The molecule has 0 saturated heterocycles. The second-order valence-electron chi connectivity index (χ2n) is 6.69. The van der Waals surface area contributed by atoms with Crippen LogP contribution < -0.4 is 0 Å². The Morgan fingerprint density at radius 2 is 1.45 bits per heavy atom. The summed E-state index contributed by atoms with van der Waals surface area (Å²) in [5.74, 6) is 0.633. The highest BCUT2D eigenvalue weighted by Crippen LogP contribution is 2.37. The van der Waals surface area contributed by atoms with Crippen molar-refractivity contribution in [2.24, 2.45) is 0 Å². The molecular formula is C22H22. The Kier molecular flexibility index (Phi) is 3.07. The summed E-state index contributed by atoms with van der Waals surface area (Å²) in [5.41, 5.74) is 2.84. The van der Waals surface area contributed by atoms with Crippen LogP contribution >= 0.6 is 0 Å². The van der Waals surface area contributed by atoms with E-state index < -0.39 is 0 Å². The van der Waals surface area contributed by atoms with Crippen LogP contribution in [0.15, 0.2) is 48.5 Å². The molecule has 4 aromatic carbocycles. The summed E-state index contributed by atoms with van der Waals surface area (Å²) < 4.78 is 0. The summed E-state index contributed by atoms with van der Waals surface area (Å²) in [6.07, 6.45) is 2.50. The number of hydrogen-bond donors (Lipinski definition) is 0. The molecule has 4 aromatic rings. The SMILES string of the molecule is CCCC(C)c1cc2ccc3ccc(C)c4ccc(c1)c2c34. The normalized spacial score (nSPS) is 13.4. The number of rotatable bonds is 3. The second-order valence-corrected chi connectivity index (χ2v) is 6.69. The van der Waals surface area contributed by atoms with Gasteiger partial charge >= 0.3 is 0 Å². The number of aryl methyl sites for hydroxylation is 1. The predicted octanol–water partition coefficient (Wildman–Crippen LogP) is 6.80. The molecule has 0 heteroatoms. The molecule has 22 heavy (non-hydrogen) atoms. The maximum atomic E-state index is 2.41. The molecule has 0 aliphatic heterocycles. The van der Waals surface area contributed by atoms with Crippen molar-refractivity contribution in [3.63, 3.8) is 0 Å². The Morgan fingerprint density at radius 1 is 0.818 bits per heavy atom. The van der Waals surface area contributed by atoms with Crippen LogP contribution in [0.5, 0.6) is 0 Å². The van der Waals surface area contributed by atoms with Crippen molar-refractivity contribution in [2.45, 2.75) is 39.5 Å². The first-order valence-corrected chi connectivity index (χ1v) is 8.37. The Balaban J connectivity index is 2.10. The lowest BCUT2D eigenvalue weighted by Gasteiger charge is -2.16. The first kappa shape index (κ1) is 13.6. The highest BCUT2D eigenvalue weighted by molar-refractivity contribution is 6.23. The van der Waals surface area contributed by atoms with E-state index in [9.17, 15) is 0 Å². The van der Waals surface area contributed by atoms with Crippen LogP contribution in [-0.2, 0) is 0 Å². The van der Waals surface area contributed by atoms with Crippen molar-refractivity contribution in [3.05, 3.63) is 59.7 Å². The molecule has 110 valence electrons. The number of hydrogen-bond acceptors (Lipinski definition) is 0. The molecule has 0 aliphatic carbocycles. The van der Waals surface area contributed by atoms with Gasteiger partial charge in [-0.2, -0.15) is 0 Å². The van der Waals surface area contributed by atoms with E-state index in [2.05, 4.69) is 69.3 Å². The average molecular weight is 286 g/mol. The topological polar surface area (TPSA) is 0 Å². The fourth-order valence-corrected chi connectivity index (χ4v) is 3.87. The summed E-state index contributed by atoms with van der Waals surface area (Å²) in [7, 11) is 0. The molecule has 0 aromatic heterocycles. The minimum Gasteiger partial charge on any atom is -0.0654 e. The van der Waals surface area contributed by atoms with Gasteiger partial charge < -0.3 is 0 Å². The van der Waals surface area contributed by atoms with Gasteiger partial charge in [0.2, 0.25) is 0 Å². The van der Waals surface area contributed by atoms with Crippen LogP contribution in [0.2, 0.25) is 0 Å². The van der Waals surface area contributed by atoms with Gasteiger partial charge in [-0.05, 0) is 62.7 Å². The highest BCUT2D eigenvalue weighted by Gasteiger charge is 2.12. The molecule has 0 aliphatic rings. The third kappa shape index (κ3) is 1.90. The molecule has 4 rings (SSSR count). The highest BCUT2D eigenvalue weighted by atomic mass is 14.2. The molecule has 0 nitrogen and oxygen atoms in total. The van der Waals surface area contributed by atoms with E-state index in [1.165, 1.54) is 56.3 Å². The van der Waals surface area contributed by atoms with Gasteiger partial charge in [-0.15, -0.1) is 0 Å². The zero-order valence-corrected chi connectivity index (χ0v) is 13.6. The van der Waals surface area contributed by atoms with E-state index in [4.69, 9.17) is 0 Å². The lowest BCUT2D eigenvalue weighted by Crippen LogP contribution is -1.94. The molecule has 1 atom stereocenters. The van der Waals surface area contributed by atoms with E-state index in [-0.39, 0.29) is 0 Å². The minimum atomic E-state index is 0.633. The fourth-order valence-electron chi connectivity index (χ4n) is 3.87. The Bertz CT molecular complexity index is 943. The largest absolute Gasteiger partial charge is 0.0654 e. The summed E-state index contributed by atoms with van der Waals surface area (Å²) in [6, 6.07) is 18.5. The molecular weight excluding hydrogens is 264 g/mol. The van der Waals surface area contributed by atoms with Crippen molar-refractivity contribution in [1.29, 1.82) is 0 Å². The standard InChI is InChI=1S/C22H22/c1-4-5-14(2)19-12-17-9-8-16-7-6-15(3)20-11-10-18(13-19)21(17)22(16)20/h6-14H,4-5H2,1-3H3. The monoisotopic (exact) mass is 286 g/mol. The summed E-state index contributed by atoms with van der Waals surface area (Å²) in [4.78, 5) is 0. The van der Waals surface area contributed by atoms with Gasteiger partial charge in [-0.3, -0.25) is 0 Å². The molecule has 0 radical (unpaired) electrons. The molecule has 0 fully saturated rings. The molecule has 1 unspecified atom stereocenters. The summed E-state index contributed by atoms with van der Waals surface area (Å²) in [5, 5.41) is 8.40. The fraction of sp³-hybridized carbons (Fsp3) is 0.273. The van der Waals surface area contributed by atoms with Crippen LogP contribution in [0.25, 0.3) is 32.3 Å². The van der Waals surface area contributed by atoms with E-state index in [0.717, 1.165) is 0 Å². The first-order valence-electron chi connectivity index (χ1n) is 8.37. The lowest BCUT2D eigenvalue weighted by molar-refractivity contribution is 0.666. The van der Waals surface area contributed by atoms with Gasteiger partial charge in [0, 0.05) is 0 Å². The van der Waals surface area contributed by atoms with E-state index >= 15 is 0 Å². The van der Waals surface area contributed by atoms with Gasteiger partial charge in [-0.25, -0.2) is 0 Å². The smallest absolute Gasteiger partial charge is 0.00241 e. The molecule has 0 bridgehead atoms. The summed E-state index contributed by atoms with van der Waals surface area (Å²) in [6.45, 7) is 6.82. The van der Waals surface area contributed by atoms with Gasteiger partial charge in [0.05, 0.1) is 0 Å². The predicted molar refractivity (Wildman–Crippen MR) is 98.2 cm³/mol. The van der Waals surface area contributed by atoms with Crippen LogP contribution in [-0.4, -0.2) is 0 Å². The molecule has 0 amide bonds. The Hall–Kier alpha value is -2.08. The molecule has 0 saturated carbocycles. The zero-order chi connectivity index (χ0) is 15.3. The first-order chi connectivity index (χ1) is 10.7. The van der Waals surface area contributed by atoms with Crippen LogP contribution in [0.4, 0.5) is 0 Å². The van der Waals surface area contributed by atoms with E-state index in [1.807, 2.05) is 0 Å². The molecule has 0 heterocycles. The maximum Gasteiger partial charge on any atom is -0.00241 e. The van der Waals surface area contributed by atoms with Crippen molar-refractivity contribution in [2.75, 3.05) is 0 Å². The number of benzene rings is 4. The van der Waals surface area contributed by atoms with E-state index in [0.29, 0.717) is 5.92 Å². The molecule has 0 spiro atoms.